The number of nitrogens with one attached hydrogen (secondary N) is 1. The molecule has 0 bridgehead atoms. The lowest BCUT2D eigenvalue weighted by atomic mass is 9.87. The molecule has 1 aromatic heterocycles. The molecule has 0 saturated carbocycles. The number of phenolic OH excluding ortho intramolecular Hbond substituents is 1. The number of pyridine rings is 1. The summed E-state index contributed by atoms with van der Waals surface area (Å²) >= 11 is 0. The van der Waals surface area contributed by atoms with Gasteiger partial charge in [0.15, 0.2) is 0 Å². The largest absolute Gasteiger partial charge is 0.506 e. The molecule has 2 aromatic rings. The second-order valence-electron chi connectivity index (χ2n) is 6.91. The molecular weight excluding hydrogens is 349 g/mol. The average molecular weight is 368 g/mol. The van der Waals surface area contributed by atoms with Gasteiger partial charge < -0.3 is 15.0 Å². The van der Waals surface area contributed by atoms with Crippen LogP contribution in [0.15, 0.2) is 41.3 Å². The monoisotopic (exact) mass is 368 g/mol. The third-order valence-corrected chi connectivity index (χ3v) is 3.76. The van der Waals surface area contributed by atoms with Crippen LogP contribution in [0.3, 0.4) is 0 Å². The first-order valence-electron chi connectivity index (χ1n) is 7.79. The Morgan fingerprint density at radius 3 is 2.31 bits per heavy atom. The topological polar surface area (TPSA) is 71.3 Å². The Bertz CT molecular complexity index is 880. The van der Waals surface area contributed by atoms with Crippen LogP contribution in [0, 0.1) is 0 Å². The van der Waals surface area contributed by atoms with Gasteiger partial charge in [-0.2, -0.15) is 13.2 Å². The maximum Gasteiger partial charge on any atom is 0.417 e. The van der Waals surface area contributed by atoms with E-state index in [1.54, 1.807) is 12.1 Å². The molecule has 0 aliphatic heterocycles. The van der Waals surface area contributed by atoms with Crippen LogP contribution in [0.1, 0.15) is 31.9 Å². The summed E-state index contributed by atoms with van der Waals surface area (Å²) < 4.78 is 38.9. The number of amides is 1. The molecule has 1 heterocycles. The van der Waals surface area contributed by atoms with Gasteiger partial charge in [0.25, 0.3) is 5.56 Å². The van der Waals surface area contributed by atoms with Crippen molar-refractivity contribution in [2.24, 2.45) is 0 Å². The molecule has 0 fully saturated rings. The van der Waals surface area contributed by atoms with Crippen LogP contribution in [-0.4, -0.2) is 15.6 Å². The van der Waals surface area contributed by atoms with E-state index >= 15 is 0 Å². The zero-order chi connectivity index (χ0) is 19.7. The Kier molecular flexibility index (Phi) is 5.16. The molecule has 5 nitrogen and oxygen atoms in total. The minimum Gasteiger partial charge on any atom is -0.506 e. The first-order chi connectivity index (χ1) is 11.9. The van der Waals surface area contributed by atoms with Gasteiger partial charge in [-0.3, -0.25) is 9.59 Å². The Labute approximate surface area is 148 Å². The number of anilines is 1. The highest BCUT2D eigenvalue weighted by atomic mass is 19.4. The van der Waals surface area contributed by atoms with E-state index in [0.717, 1.165) is 11.6 Å². The smallest absolute Gasteiger partial charge is 0.417 e. The molecule has 0 aliphatic carbocycles. The highest BCUT2D eigenvalue weighted by molar-refractivity contribution is 5.92. The zero-order valence-electron chi connectivity index (χ0n) is 14.5. The number of hydrogen-bond donors (Lipinski definition) is 2. The maximum atomic E-state index is 12.7. The van der Waals surface area contributed by atoms with Gasteiger partial charge in [0.05, 0.1) is 11.3 Å². The van der Waals surface area contributed by atoms with Gasteiger partial charge in [-0.15, -0.1) is 0 Å². The van der Waals surface area contributed by atoms with Crippen molar-refractivity contribution in [1.29, 1.82) is 0 Å². The summed E-state index contributed by atoms with van der Waals surface area (Å²) in [5.74, 6) is -0.907. The average Bonchev–Trinajstić information content (AvgIpc) is 2.49. The number of aromatic nitrogens is 1. The molecule has 1 aromatic carbocycles. The minimum absolute atomic E-state index is 0.127. The fraction of sp³-hybridized carbons (Fsp3) is 0.333. The van der Waals surface area contributed by atoms with Crippen LogP contribution in [0.4, 0.5) is 18.9 Å². The van der Waals surface area contributed by atoms with Gasteiger partial charge in [0, 0.05) is 12.3 Å². The third-order valence-electron chi connectivity index (χ3n) is 3.76. The number of phenols is 1. The highest BCUT2D eigenvalue weighted by Crippen LogP contribution is 2.31. The molecule has 0 saturated heterocycles. The standard InChI is InChI=1S/C18H19F3N2O3/c1-17(2,3)11-4-6-14(24)13(8-11)22-15(25)10-23-9-12(18(19,20)21)5-7-16(23)26/h4-9,24H,10H2,1-3H3,(H,22,25). The Morgan fingerprint density at radius 2 is 1.73 bits per heavy atom. The van der Waals surface area contributed by atoms with Gasteiger partial charge in [0.1, 0.15) is 12.3 Å². The van der Waals surface area contributed by atoms with E-state index in [0.29, 0.717) is 16.8 Å². The number of carbonyl (C=O) groups excluding carboxylic acids is 1. The van der Waals surface area contributed by atoms with Crippen molar-refractivity contribution in [3.05, 3.63) is 58.0 Å². The highest BCUT2D eigenvalue weighted by Gasteiger charge is 2.31. The second-order valence-corrected chi connectivity index (χ2v) is 6.91. The summed E-state index contributed by atoms with van der Waals surface area (Å²) in [6, 6.07) is 6.14. The summed E-state index contributed by atoms with van der Waals surface area (Å²) in [7, 11) is 0. The molecule has 0 unspecified atom stereocenters. The van der Waals surface area contributed by atoms with E-state index in [1.807, 2.05) is 20.8 Å². The maximum absolute atomic E-state index is 12.7. The summed E-state index contributed by atoms with van der Waals surface area (Å²) in [4.78, 5) is 23.9. The van der Waals surface area contributed by atoms with Crippen LogP contribution >= 0.6 is 0 Å². The van der Waals surface area contributed by atoms with Gasteiger partial charge in [0.2, 0.25) is 5.91 Å². The van der Waals surface area contributed by atoms with E-state index in [9.17, 15) is 27.9 Å². The van der Waals surface area contributed by atoms with Crippen molar-refractivity contribution in [3.8, 4) is 5.75 Å². The Balaban J connectivity index is 2.24. The molecule has 140 valence electrons. The minimum atomic E-state index is -4.62. The first kappa shape index (κ1) is 19.6. The van der Waals surface area contributed by atoms with Crippen molar-refractivity contribution in [2.45, 2.75) is 38.9 Å². The number of alkyl halides is 3. The number of nitrogens with zero attached hydrogens (tertiary/aromatic N) is 1. The van der Waals surface area contributed by atoms with Crippen molar-refractivity contribution in [1.82, 2.24) is 4.57 Å². The summed E-state index contributed by atoms with van der Waals surface area (Å²) in [5, 5.41) is 12.3. The van der Waals surface area contributed by atoms with Crippen LogP contribution in [-0.2, 0) is 22.9 Å². The van der Waals surface area contributed by atoms with E-state index in [1.165, 1.54) is 6.07 Å². The fourth-order valence-corrected chi connectivity index (χ4v) is 2.27. The molecular formula is C18H19F3N2O3. The van der Waals surface area contributed by atoms with Gasteiger partial charge in [-0.05, 0) is 29.2 Å². The molecule has 0 aliphatic rings. The summed E-state index contributed by atoms with van der Waals surface area (Å²) in [5.41, 5.74) is -1.02. The number of hydrogen-bond acceptors (Lipinski definition) is 3. The molecule has 1 amide bonds. The van der Waals surface area contributed by atoms with Gasteiger partial charge in [-0.25, -0.2) is 0 Å². The lowest BCUT2D eigenvalue weighted by molar-refractivity contribution is -0.138. The molecule has 0 radical (unpaired) electrons. The number of carbonyl (C=O) groups is 1. The van der Waals surface area contributed by atoms with Crippen molar-refractivity contribution in [3.63, 3.8) is 0 Å². The van der Waals surface area contributed by atoms with Crippen molar-refractivity contribution >= 4 is 11.6 Å². The van der Waals surface area contributed by atoms with Crippen LogP contribution in [0.25, 0.3) is 0 Å². The third kappa shape index (κ3) is 4.65. The molecule has 26 heavy (non-hydrogen) atoms. The Hall–Kier alpha value is -2.77. The van der Waals surface area contributed by atoms with E-state index in [4.69, 9.17) is 0 Å². The van der Waals surface area contributed by atoms with Crippen LogP contribution in [0.5, 0.6) is 5.75 Å². The lowest BCUT2D eigenvalue weighted by Gasteiger charge is -2.20. The lowest BCUT2D eigenvalue weighted by Crippen LogP contribution is -2.28. The van der Waals surface area contributed by atoms with Crippen LogP contribution in [0.2, 0.25) is 0 Å². The molecule has 2 rings (SSSR count). The van der Waals surface area contributed by atoms with Crippen LogP contribution < -0.4 is 10.9 Å². The molecule has 2 N–H and O–H groups in total. The van der Waals surface area contributed by atoms with Crippen molar-refractivity contribution in [2.75, 3.05) is 5.32 Å². The molecule has 8 heteroatoms. The Morgan fingerprint density at radius 1 is 1.12 bits per heavy atom. The SMILES string of the molecule is CC(C)(C)c1ccc(O)c(NC(=O)Cn2cc(C(F)(F)F)ccc2=O)c1. The van der Waals surface area contributed by atoms with E-state index in [-0.39, 0.29) is 16.9 Å². The fourth-order valence-electron chi connectivity index (χ4n) is 2.27. The quantitative estimate of drug-likeness (QED) is 0.815. The summed E-state index contributed by atoms with van der Waals surface area (Å²) in [6.45, 7) is 5.25. The number of aromatic hydroxyl groups is 1. The zero-order valence-corrected chi connectivity index (χ0v) is 14.5. The van der Waals surface area contributed by atoms with Gasteiger partial charge in [-0.1, -0.05) is 26.8 Å². The van der Waals surface area contributed by atoms with Crippen molar-refractivity contribution < 1.29 is 23.1 Å². The molecule has 0 atom stereocenters. The van der Waals surface area contributed by atoms with E-state index in [2.05, 4.69) is 5.32 Å². The normalized spacial score (nSPS) is 12.1. The van der Waals surface area contributed by atoms with E-state index < -0.39 is 29.8 Å². The first-order valence-corrected chi connectivity index (χ1v) is 7.79. The van der Waals surface area contributed by atoms with Gasteiger partial charge >= 0.3 is 6.18 Å². The second kappa shape index (κ2) is 6.86. The number of rotatable bonds is 3. The number of halogens is 3. The number of benzene rings is 1. The predicted molar refractivity (Wildman–Crippen MR) is 91.1 cm³/mol. The predicted octanol–water partition coefficient (Wildman–Crippen LogP) is 3.51. The molecule has 0 spiro atoms. The summed E-state index contributed by atoms with van der Waals surface area (Å²) in [6.07, 6.45) is -4.03.